The molecule has 0 spiro atoms. The Morgan fingerprint density at radius 1 is 1.16 bits per heavy atom. The Hall–Kier alpha value is -2.09. The van der Waals surface area contributed by atoms with Crippen LogP contribution in [0.15, 0.2) is 53.4 Å². The van der Waals surface area contributed by atoms with Gasteiger partial charge in [-0.2, -0.15) is 4.31 Å². The molecule has 2 heterocycles. The molecule has 0 aliphatic carbocycles. The quantitative estimate of drug-likeness (QED) is 0.656. The van der Waals surface area contributed by atoms with E-state index in [1.165, 1.54) is 16.4 Å². The summed E-state index contributed by atoms with van der Waals surface area (Å²) in [5.41, 5.74) is 0.584. The molecule has 6 nitrogen and oxygen atoms in total. The molecule has 2 aliphatic rings. The molecule has 8 heteroatoms. The largest absolute Gasteiger partial charge is 0.487 e. The fourth-order valence-electron chi connectivity index (χ4n) is 4.73. The lowest BCUT2D eigenvalue weighted by molar-refractivity contribution is -0.125. The lowest BCUT2D eigenvalue weighted by Gasteiger charge is -2.42. The van der Waals surface area contributed by atoms with Crippen LogP contribution in [0.25, 0.3) is 0 Å². The second-order valence-electron chi connectivity index (χ2n) is 8.52. The Balaban J connectivity index is 1.58. The molecule has 4 rings (SSSR count). The number of hydrogen-bond acceptors (Lipinski definition) is 4. The van der Waals surface area contributed by atoms with E-state index in [9.17, 15) is 13.2 Å². The number of hydrogen-bond donors (Lipinski definition) is 1. The summed E-state index contributed by atoms with van der Waals surface area (Å²) in [6.45, 7) is 4.50. The first kappa shape index (κ1) is 23.1. The molecule has 0 aromatic heterocycles. The molecule has 2 aromatic carbocycles. The molecule has 32 heavy (non-hydrogen) atoms. The summed E-state index contributed by atoms with van der Waals surface area (Å²) in [7, 11) is -3.79. The van der Waals surface area contributed by atoms with Gasteiger partial charge in [-0.3, -0.25) is 4.79 Å². The van der Waals surface area contributed by atoms with Crippen LogP contribution < -0.4 is 10.1 Å². The number of sulfonamides is 1. The van der Waals surface area contributed by atoms with Crippen LogP contribution in [-0.4, -0.2) is 36.8 Å². The molecule has 1 saturated heterocycles. The molecule has 2 aliphatic heterocycles. The van der Waals surface area contributed by atoms with Gasteiger partial charge in [0.15, 0.2) is 0 Å². The number of para-hydroxylation sites is 1. The highest BCUT2D eigenvalue weighted by atomic mass is 35.5. The third-order valence-electron chi connectivity index (χ3n) is 6.73. The summed E-state index contributed by atoms with van der Waals surface area (Å²) in [5.74, 6) is 0.521. The zero-order valence-corrected chi connectivity index (χ0v) is 20.0. The molecule has 0 bridgehead atoms. The van der Waals surface area contributed by atoms with Gasteiger partial charge in [-0.1, -0.05) is 43.6 Å². The summed E-state index contributed by atoms with van der Waals surface area (Å²) in [6, 6.07) is 12.9. The van der Waals surface area contributed by atoms with Crippen LogP contribution >= 0.6 is 11.6 Å². The Morgan fingerprint density at radius 3 is 2.53 bits per heavy atom. The molecule has 172 valence electrons. The molecule has 1 fully saturated rings. The standard InChI is InChI=1S/C24H29ClN2O4S/c1-3-24(4-2)16-20(19-8-5-6-10-22(19)31-24)26-23(28)21-9-7-15-27(21)32(29,30)18-13-11-17(25)12-14-18/h5-6,8,10-14,20-21H,3-4,7,9,15-16H2,1-2H3,(H,26,28). The Kier molecular flexibility index (Phi) is 6.52. The van der Waals surface area contributed by atoms with E-state index < -0.39 is 16.1 Å². The van der Waals surface area contributed by atoms with Crippen LogP contribution in [0.4, 0.5) is 0 Å². The molecule has 2 unspecified atom stereocenters. The van der Waals surface area contributed by atoms with Gasteiger partial charge in [0.25, 0.3) is 0 Å². The topological polar surface area (TPSA) is 75.7 Å². The average Bonchev–Trinajstić information content (AvgIpc) is 3.30. The van der Waals surface area contributed by atoms with Crippen molar-refractivity contribution in [1.29, 1.82) is 0 Å². The van der Waals surface area contributed by atoms with Crippen molar-refractivity contribution in [2.45, 2.75) is 68.5 Å². The highest BCUT2D eigenvalue weighted by molar-refractivity contribution is 7.89. The van der Waals surface area contributed by atoms with Crippen molar-refractivity contribution in [2.75, 3.05) is 6.54 Å². The van der Waals surface area contributed by atoms with Gasteiger partial charge in [0.2, 0.25) is 15.9 Å². The predicted molar refractivity (Wildman–Crippen MR) is 124 cm³/mol. The van der Waals surface area contributed by atoms with Crippen LogP contribution in [0.1, 0.15) is 57.6 Å². The zero-order valence-electron chi connectivity index (χ0n) is 18.4. The van der Waals surface area contributed by atoms with Crippen molar-refractivity contribution < 1.29 is 17.9 Å². The second-order valence-corrected chi connectivity index (χ2v) is 10.8. The third kappa shape index (κ3) is 4.26. The summed E-state index contributed by atoms with van der Waals surface area (Å²) < 4.78 is 34.1. The maximum absolute atomic E-state index is 13.4. The minimum atomic E-state index is -3.79. The Labute approximate surface area is 195 Å². The predicted octanol–water partition coefficient (Wildman–Crippen LogP) is 4.69. The Morgan fingerprint density at radius 2 is 1.84 bits per heavy atom. The summed E-state index contributed by atoms with van der Waals surface area (Å²) in [4.78, 5) is 13.5. The normalized spacial score (nSPS) is 22.7. The molecular weight excluding hydrogens is 448 g/mol. The highest BCUT2D eigenvalue weighted by Crippen LogP contribution is 2.43. The second kappa shape index (κ2) is 9.04. The lowest BCUT2D eigenvalue weighted by atomic mass is 9.83. The molecule has 1 N–H and O–H groups in total. The summed E-state index contributed by atoms with van der Waals surface area (Å²) in [5, 5.41) is 3.62. The number of rotatable bonds is 6. The van der Waals surface area contributed by atoms with Gasteiger partial charge in [-0.25, -0.2) is 8.42 Å². The van der Waals surface area contributed by atoms with Crippen LogP contribution in [0.2, 0.25) is 5.02 Å². The van der Waals surface area contributed by atoms with Crippen molar-refractivity contribution in [3.05, 3.63) is 59.1 Å². The number of halogens is 1. The van der Waals surface area contributed by atoms with Gasteiger partial charge in [0.1, 0.15) is 17.4 Å². The molecule has 2 atom stereocenters. The number of benzene rings is 2. The van der Waals surface area contributed by atoms with E-state index in [1.54, 1.807) is 12.1 Å². The molecule has 1 amide bonds. The van der Waals surface area contributed by atoms with Gasteiger partial charge in [-0.05, 0) is 56.0 Å². The van der Waals surface area contributed by atoms with Gasteiger partial charge in [0.05, 0.1) is 10.9 Å². The average molecular weight is 477 g/mol. The maximum atomic E-state index is 13.4. The van der Waals surface area contributed by atoms with Crippen molar-refractivity contribution in [2.24, 2.45) is 0 Å². The van der Waals surface area contributed by atoms with Gasteiger partial charge in [0, 0.05) is 23.6 Å². The first-order valence-electron chi connectivity index (χ1n) is 11.2. The van der Waals surface area contributed by atoms with Crippen LogP contribution in [0.3, 0.4) is 0 Å². The minimum absolute atomic E-state index is 0.147. The SMILES string of the molecule is CCC1(CC)CC(NC(=O)C2CCCN2S(=O)(=O)c2ccc(Cl)cc2)c2ccccc2O1. The van der Waals surface area contributed by atoms with Crippen LogP contribution in [-0.2, 0) is 14.8 Å². The maximum Gasteiger partial charge on any atom is 0.243 e. The van der Waals surface area contributed by atoms with E-state index in [4.69, 9.17) is 16.3 Å². The fraction of sp³-hybridized carbons (Fsp3) is 0.458. The van der Waals surface area contributed by atoms with Crippen molar-refractivity contribution in [3.63, 3.8) is 0 Å². The number of carbonyl (C=O) groups excluding carboxylic acids is 1. The first-order chi connectivity index (χ1) is 15.3. The number of fused-ring (bicyclic) bond motifs is 1. The smallest absolute Gasteiger partial charge is 0.243 e. The number of carbonyl (C=O) groups is 1. The lowest BCUT2D eigenvalue weighted by Crippen LogP contribution is -2.50. The van der Waals surface area contributed by atoms with Gasteiger partial charge in [-0.15, -0.1) is 0 Å². The van der Waals surface area contributed by atoms with Crippen LogP contribution in [0.5, 0.6) is 5.75 Å². The minimum Gasteiger partial charge on any atom is -0.487 e. The van der Waals surface area contributed by atoms with E-state index in [2.05, 4.69) is 19.2 Å². The summed E-state index contributed by atoms with van der Waals surface area (Å²) in [6.07, 6.45) is 3.44. The third-order valence-corrected chi connectivity index (χ3v) is 8.90. The van der Waals surface area contributed by atoms with Gasteiger partial charge >= 0.3 is 0 Å². The first-order valence-corrected chi connectivity index (χ1v) is 13.0. The Bertz CT molecular complexity index is 1080. The van der Waals surface area contributed by atoms with Crippen molar-refractivity contribution >= 4 is 27.5 Å². The molecular formula is C24H29ClN2O4S. The number of amides is 1. The number of nitrogens with zero attached hydrogens (tertiary/aromatic N) is 1. The number of nitrogens with one attached hydrogen (secondary N) is 1. The van der Waals surface area contributed by atoms with E-state index in [0.29, 0.717) is 30.8 Å². The molecule has 0 radical (unpaired) electrons. The van der Waals surface area contributed by atoms with Crippen LogP contribution in [0, 0.1) is 0 Å². The number of ether oxygens (including phenoxy) is 1. The highest BCUT2D eigenvalue weighted by Gasteiger charge is 2.43. The monoisotopic (exact) mass is 476 g/mol. The van der Waals surface area contributed by atoms with E-state index in [-0.39, 0.29) is 22.4 Å². The fourth-order valence-corrected chi connectivity index (χ4v) is 6.51. The van der Waals surface area contributed by atoms with E-state index in [1.807, 2.05) is 24.3 Å². The molecule has 0 saturated carbocycles. The molecule has 2 aromatic rings. The zero-order chi connectivity index (χ0) is 22.9. The summed E-state index contributed by atoms with van der Waals surface area (Å²) >= 11 is 5.91. The van der Waals surface area contributed by atoms with Crippen molar-refractivity contribution in [1.82, 2.24) is 9.62 Å². The van der Waals surface area contributed by atoms with E-state index >= 15 is 0 Å². The van der Waals surface area contributed by atoms with E-state index in [0.717, 1.165) is 24.2 Å². The van der Waals surface area contributed by atoms with Crippen molar-refractivity contribution in [3.8, 4) is 5.75 Å². The van der Waals surface area contributed by atoms with Gasteiger partial charge < -0.3 is 10.1 Å².